The lowest BCUT2D eigenvalue weighted by atomic mass is 9.67. The van der Waals surface area contributed by atoms with Crippen LogP contribution in [0.15, 0.2) is 212 Å². The van der Waals surface area contributed by atoms with E-state index in [9.17, 15) is 0 Å². The van der Waals surface area contributed by atoms with Gasteiger partial charge in [0.2, 0.25) is 0 Å². The molecule has 8 aromatic carbocycles. The minimum Gasteiger partial charge on any atom is -0.478 e. The second-order valence-electron chi connectivity index (χ2n) is 15.8. The first-order chi connectivity index (χ1) is 30.2. The molecule has 0 N–H and O–H groups in total. The van der Waals surface area contributed by atoms with Crippen LogP contribution in [0, 0.1) is 0 Å². The minimum atomic E-state index is -0.546. The normalized spacial score (nSPS) is 15.6. The van der Waals surface area contributed by atoms with Crippen LogP contribution in [0.5, 0.6) is 11.5 Å². The quantitative estimate of drug-likeness (QED) is 0.168. The van der Waals surface area contributed by atoms with Crippen molar-refractivity contribution in [1.29, 1.82) is 0 Å². The maximum atomic E-state index is 7.09. The summed E-state index contributed by atoms with van der Waals surface area (Å²) in [5, 5.41) is 2.23. The summed E-state index contributed by atoms with van der Waals surface area (Å²) < 4.78 is 14.0. The number of aromatic nitrogens is 3. The SMILES string of the molecule is C1=CC(c2cccc(-c3nc(-c4ccccc4)nc(-c4cccc5ccccc45)n3)c2)=C2Oc3cc4c(cc3OC2C1)-c1ccccc1C4(c1ccccc1)c1ccccc1. The topological polar surface area (TPSA) is 57.1 Å². The maximum Gasteiger partial charge on any atom is 0.169 e. The number of rotatable bonds is 6. The van der Waals surface area contributed by atoms with Crippen LogP contribution >= 0.6 is 0 Å². The summed E-state index contributed by atoms with van der Waals surface area (Å²) in [6.45, 7) is 0. The van der Waals surface area contributed by atoms with E-state index in [4.69, 9.17) is 24.4 Å². The first-order valence-corrected chi connectivity index (χ1v) is 20.8. The Balaban J connectivity index is 0.989. The summed E-state index contributed by atoms with van der Waals surface area (Å²) in [7, 11) is 0. The molecule has 5 nitrogen and oxygen atoms in total. The molecule has 0 amide bonds. The molecule has 0 radical (unpaired) electrons. The molecule has 9 aromatic rings. The number of hydrogen-bond acceptors (Lipinski definition) is 5. The van der Waals surface area contributed by atoms with Gasteiger partial charge in [-0.3, -0.25) is 0 Å². The van der Waals surface area contributed by atoms with Crippen molar-refractivity contribution in [1.82, 2.24) is 15.0 Å². The molecule has 0 bridgehead atoms. The van der Waals surface area contributed by atoms with Crippen molar-refractivity contribution >= 4 is 16.3 Å². The smallest absolute Gasteiger partial charge is 0.169 e. The van der Waals surface area contributed by atoms with Crippen LogP contribution in [-0.4, -0.2) is 21.1 Å². The fourth-order valence-electron chi connectivity index (χ4n) is 9.61. The zero-order valence-electron chi connectivity index (χ0n) is 33.1. The first kappa shape index (κ1) is 35.1. The van der Waals surface area contributed by atoms with Gasteiger partial charge < -0.3 is 9.47 Å². The van der Waals surface area contributed by atoms with Crippen LogP contribution in [0.3, 0.4) is 0 Å². The average Bonchev–Trinajstić information content (AvgIpc) is 3.62. The number of nitrogens with zero attached hydrogens (tertiary/aromatic N) is 3. The monoisotopic (exact) mass is 783 g/mol. The molecular weight excluding hydrogens is 747 g/mol. The van der Waals surface area contributed by atoms with E-state index in [1.807, 2.05) is 30.3 Å². The predicted molar refractivity (Wildman–Crippen MR) is 243 cm³/mol. The molecule has 1 atom stereocenters. The van der Waals surface area contributed by atoms with E-state index < -0.39 is 5.41 Å². The van der Waals surface area contributed by atoms with Gasteiger partial charge in [-0.25, -0.2) is 15.0 Å². The second kappa shape index (κ2) is 14.1. The third-order valence-electron chi connectivity index (χ3n) is 12.3. The second-order valence-corrected chi connectivity index (χ2v) is 15.8. The van der Waals surface area contributed by atoms with Gasteiger partial charge in [0.25, 0.3) is 0 Å². The molecule has 1 unspecified atom stereocenters. The van der Waals surface area contributed by atoms with Crippen LogP contribution in [0.4, 0.5) is 0 Å². The Bertz CT molecular complexity index is 3190. The van der Waals surface area contributed by atoms with Gasteiger partial charge in [0.1, 0.15) is 0 Å². The molecule has 288 valence electrons. The fourth-order valence-corrected chi connectivity index (χ4v) is 9.61. The molecular formula is C56H37N3O2. The maximum absolute atomic E-state index is 7.09. The van der Waals surface area contributed by atoms with Crippen molar-refractivity contribution in [2.45, 2.75) is 17.9 Å². The highest BCUT2D eigenvalue weighted by Gasteiger charge is 2.47. The molecule has 0 saturated heterocycles. The van der Waals surface area contributed by atoms with Gasteiger partial charge >= 0.3 is 0 Å². The van der Waals surface area contributed by atoms with E-state index in [0.29, 0.717) is 29.6 Å². The average molecular weight is 784 g/mol. The number of benzene rings is 8. The zero-order valence-corrected chi connectivity index (χ0v) is 33.1. The summed E-state index contributed by atoms with van der Waals surface area (Å²) in [6.07, 6.45) is 4.76. The van der Waals surface area contributed by atoms with E-state index in [-0.39, 0.29) is 6.10 Å². The van der Waals surface area contributed by atoms with Crippen molar-refractivity contribution in [3.05, 3.63) is 240 Å². The van der Waals surface area contributed by atoms with Crippen LogP contribution in [0.1, 0.15) is 34.2 Å². The molecule has 2 aliphatic carbocycles. The van der Waals surface area contributed by atoms with Gasteiger partial charge in [0.15, 0.2) is 40.8 Å². The summed E-state index contributed by atoms with van der Waals surface area (Å²) in [5.74, 6) is 4.11. The van der Waals surface area contributed by atoms with Gasteiger partial charge in [-0.2, -0.15) is 0 Å². The highest BCUT2D eigenvalue weighted by molar-refractivity contribution is 5.95. The lowest BCUT2D eigenvalue weighted by Crippen LogP contribution is -2.31. The molecule has 5 heteroatoms. The Morgan fingerprint density at radius 1 is 0.459 bits per heavy atom. The molecule has 0 fully saturated rings. The minimum absolute atomic E-state index is 0.279. The Labute approximate surface area is 354 Å². The number of fused-ring (bicyclic) bond motifs is 6. The summed E-state index contributed by atoms with van der Waals surface area (Å²) in [4.78, 5) is 15.3. The largest absolute Gasteiger partial charge is 0.478 e. The molecule has 1 aliphatic heterocycles. The van der Waals surface area contributed by atoms with Crippen molar-refractivity contribution in [2.24, 2.45) is 0 Å². The molecule has 0 saturated carbocycles. The van der Waals surface area contributed by atoms with Crippen molar-refractivity contribution in [3.63, 3.8) is 0 Å². The zero-order chi connectivity index (χ0) is 40.3. The van der Waals surface area contributed by atoms with Crippen LogP contribution in [0.25, 0.3) is 61.6 Å². The summed E-state index contributed by atoms with van der Waals surface area (Å²) >= 11 is 0. The van der Waals surface area contributed by atoms with Crippen molar-refractivity contribution < 1.29 is 9.47 Å². The lowest BCUT2D eigenvalue weighted by molar-refractivity contribution is 0.149. The van der Waals surface area contributed by atoms with Crippen LogP contribution in [0.2, 0.25) is 0 Å². The molecule has 61 heavy (non-hydrogen) atoms. The Kier molecular flexibility index (Phi) is 8.13. The Hall–Kier alpha value is -7.89. The highest BCUT2D eigenvalue weighted by atomic mass is 16.6. The molecule has 12 rings (SSSR count). The number of hydrogen-bond donors (Lipinski definition) is 0. The van der Waals surface area contributed by atoms with E-state index in [1.165, 1.54) is 27.8 Å². The fraction of sp³-hybridized carbons (Fsp3) is 0.0536. The van der Waals surface area contributed by atoms with Gasteiger partial charge in [-0.15, -0.1) is 0 Å². The van der Waals surface area contributed by atoms with E-state index in [0.717, 1.165) is 55.7 Å². The van der Waals surface area contributed by atoms with Gasteiger partial charge in [-0.1, -0.05) is 188 Å². The highest BCUT2D eigenvalue weighted by Crippen LogP contribution is 2.59. The van der Waals surface area contributed by atoms with Crippen molar-refractivity contribution in [3.8, 4) is 56.8 Å². The summed E-state index contributed by atoms with van der Waals surface area (Å²) in [6, 6.07) is 68.0. The third-order valence-corrected chi connectivity index (χ3v) is 12.3. The summed E-state index contributed by atoms with van der Waals surface area (Å²) in [5.41, 5.74) is 11.4. The van der Waals surface area contributed by atoms with Crippen LogP contribution < -0.4 is 9.47 Å². The standard InChI is InChI=1S/C56H37N3O2/c1-4-18-37(19-5-1)53-57-54(59-55(58-53)45-30-15-20-36-17-10-11-27-42(36)45)39-22-14-21-38(33-39)43-29-16-32-49-52(43)61-51-35-48-46(34-50(51)60-49)44-28-12-13-31-47(44)56(48,40-23-6-2-7-24-40)41-25-8-3-9-26-41/h1-31,33-35,49H,32H2. The molecule has 0 spiro atoms. The Morgan fingerprint density at radius 3 is 1.87 bits per heavy atom. The van der Waals surface area contributed by atoms with E-state index in [2.05, 4.69) is 176 Å². The molecule has 1 aromatic heterocycles. The van der Waals surface area contributed by atoms with Gasteiger partial charge in [0, 0.05) is 28.7 Å². The van der Waals surface area contributed by atoms with Crippen molar-refractivity contribution in [2.75, 3.05) is 0 Å². The number of allylic oxidation sites excluding steroid dienone is 2. The number of ether oxygens (including phenoxy) is 2. The molecule has 2 heterocycles. The van der Waals surface area contributed by atoms with E-state index in [1.54, 1.807) is 0 Å². The van der Waals surface area contributed by atoms with Gasteiger partial charge in [-0.05, 0) is 67.9 Å². The molecule has 3 aliphatic rings. The third kappa shape index (κ3) is 5.66. The Morgan fingerprint density at radius 2 is 1.07 bits per heavy atom. The van der Waals surface area contributed by atoms with Gasteiger partial charge in [0.05, 0.1) is 5.41 Å². The first-order valence-electron chi connectivity index (χ1n) is 20.8. The predicted octanol–water partition coefficient (Wildman–Crippen LogP) is 12.9. The van der Waals surface area contributed by atoms with E-state index >= 15 is 0 Å². The lowest BCUT2D eigenvalue weighted by Gasteiger charge is -2.35. The van der Waals surface area contributed by atoms with Crippen LogP contribution in [-0.2, 0) is 5.41 Å².